The van der Waals surface area contributed by atoms with Gasteiger partial charge in [-0.1, -0.05) is 28.1 Å². The summed E-state index contributed by atoms with van der Waals surface area (Å²) in [4.78, 5) is 1.56. The molecule has 0 amide bonds. The third-order valence-electron chi connectivity index (χ3n) is 3.07. The molecule has 0 radical (unpaired) electrons. The van der Waals surface area contributed by atoms with Crippen LogP contribution >= 0.6 is 15.9 Å². The molecule has 0 saturated carbocycles. The van der Waals surface area contributed by atoms with Gasteiger partial charge in [-0.25, -0.2) is 0 Å². The quantitative estimate of drug-likeness (QED) is 0.806. The van der Waals surface area contributed by atoms with E-state index in [9.17, 15) is 13.2 Å². The predicted molar refractivity (Wildman–Crippen MR) is 82.1 cm³/mol. The average Bonchev–Trinajstić information content (AvgIpc) is 2.40. The van der Waals surface area contributed by atoms with Crippen LogP contribution in [0.3, 0.4) is 0 Å². The van der Waals surface area contributed by atoms with Gasteiger partial charge in [0.25, 0.3) is 0 Å². The summed E-state index contributed by atoms with van der Waals surface area (Å²) in [5.41, 5.74) is 5.88. The minimum Gasteiger partial charge on any atom is -0.399 e. The van der Waals surface area contributed by atoms with E-state index in [-0.39, 0.29) is 11.4 Å². The van der Waals surface area contributed by atoms with Gasteiger partial charge in [0, 0.05) is 29.4 Å². The van der Waals surface area contributed by atoms with Gasteiger partial charge in [-0.05, 0) is 35.9 Å². The standard InChI is InChI=1S/C15H14BrF3N2/c1-21(9-10-2-4-11(16)5-3-10)14-7-6-12(20)8-13(14)15(17,18)19/h2-8H,9,20H2,1H3. The number of alkyl halides is 3. The summed E-state index contributed by atoms with van der Waals surface area (Å²) in [5, 5.41) is 0. The lowest BCUT2D eigenvalue weighted by atomic mass is 10.1. The van der Waals surface area contributed by atoms with Crippen molar-refractivity contribution in [1.29, 1.82) is 0 Å². The van der Waals surface area contributed by atoms with Gasteiger partial charge in [-0.3, -0.25) is 0 Å². The third kappa shape index (κ3) is 3.91. The van der Waals surface area contributed by atoms with Crippen molar-refractivity contribution in [1.82, 2.24) is 0 Å². The topological polar surface area (TPSA) is 29.3 Å². The van der Waals surface area contributed by atoms with E-state index in [1.165, 1.54) is 12.1 Å². The first-order valence-corrected chi connectivity index (χ1v) is 6.99. The molecule has 0 aliphatic carbocycles. The molecule has 2 N–H and O–H groups in total. The lowest BCUT2D eigenvalue weighted by molar-refractivity contribution is -0.137. The molecule has 0 aromatic heterocycles. The first-order chi connectivity index (χ1) is 9.77. The molecule has 0 spiro atoms. The molecule has 0 aliphatic rings. The van der Waals surface area contributed by atoms with Crippen molar-refractivity contribution in [2.45, 2.75) is 12.7 Å². The van der Waals surface area contributed by atoms with Crippen LogP contribution in [0.2, 0.25) is 0 Å². The van der Waals surface area contributed by atoms with Crippen LogP contribution in [0.1, 0.15) is 11.1 Å². The molecule has 2 nitrogen and oxygen atoms in total. The molecule has 0 heterocycles. The number of anilines is 2. The summed E-state index contributed by atoms with van der Waals surface area (Å²) < 4.78 is 40.2. The van der Waals surface area contributed by atoms with Crippen LogP contribution in [-0.4, -0.2) is 7.05 Å². The van der Waals surface area contributed by atoms with Crippen LogP contribution in [0.25, 0.3) is 0 Å². The first kappa shape index (κ1) is 15.7. The summed E-state index contributed by atoms with van der Waals surface area (Å²) in [7, 11) is 1.63. The zero-order chi connectivity index (χ0) is 15.6. The van der Waals surface area contributed by atoms with Gasteiger partial charge < -0.3 is 10.6 Å². The van der Waals surface area contributed by atoms with E-state index >= 15 is 0 Å². The average molecular weight is 359 g/mol. The molecule has 2 rings (SSSR count). The van der Waals surface area contributed by atoms with E-state index < -0.39 is 11.7 Å². The molecule has 0 unspecified atom stereocenters. The number of nitrogen functional groups attached to an aromatic ring is 1. The van der Waals surface area contributed by atoms with E-state index in [1.54, 1.807) is 11.9 Å². The van der Waals surface area contributed by atoms with Crippen LogP contribution in [-0.2, 0) is 12.7 Å². The third-order valence-corrected chi connectivity index (χ3v) is 3.60. The van der Waals surface area contributed by atoms with Crippen molar-refractivity contribution in [2.75, 3.05) is 17.7 Å². The zero-order valence-corrected chi connectivity index (χ0v) is 12.9. The van der Waals surface area contributed by atoms with E-state index in [1.807, 2.05) is 24.3 Å². The zero-order valence-electron chi connectivity index (χ0n) is 11.3. The maximum atomic E-state index is 13.1. The van der Waals surface area contributed by atoms with E-state index in [4.69, 9.17) is 5.73 Å². The smallest absolute Gasteiger partial charge is 0.399 e. The molecule has 0 atom stereocenters. The predicted octanol–water partition coefficient (Wildman–Crippen LogP) is 4.69. The van der Waals surface area contributed by atoms with Gasteiger partial charge in [0.2, 0.25) is 0 Å². The highest BCUT2D eigenvalue weighted by molar-refractivity contribution is 9.10. The lowest BCUT2D eigenvalue weighted by Crippen LogP contribution is -2.21. The monoisotopic (exact) mass is 358 g/mol. The largest absolute Gasteiger partial charge is 0.418 e. The second-order valence-electron chi connectivity index (χ2n) is 4.76. The van der Waals surface area contributed by atoms with E-state index in [0.29, 0.717) is 6.54 Å². The van der Waals surface area contributed by atoms with Gasteiger partial charge in [-0.2, -0.15) is 13.2 Å². The van der Waals surface area contributed by atoms with Crippen molar-refractivity contribution in [3.05, 3.63) is 58.1 Å². The molecule has 0 bridgehead atoms. The van der Waals surface area contributed by atoms with Crippen molar-refractivity contribution in [3.8, 4) is 0 Å². The fourth-order valence-electron chi connectivity index (χ4n) is 2.06. The fraction of sp³-hybridized carbons (Fsp3) is 0.200. The van der Waals surface area contributed by atoms with E-state index in [0.717, 1.165) is 16.1 Å². The number of rotatable bonds is 3. The summed E-state index contributed by atoms with van der Waals surface area (Å²) in [6.07, 6.45) is -4.43. The molecule has 2 aromatic carbocycles. The highest BCUT2D eigenvalue weighted by atomic mass is 79.9. The second kappa shape index (κ2) is 5.97. The molecule has 112 valence electrons. The van der Waals surface area contributed by atoms with Crippen molar-refractivity contribution in [2.24, 2.45) is 0 Å². The Morgan fingerprint density at radius 3 is 2.29 bits per heavy atom. The minimum absolute atomic E-state index is 0.100. The van der Waals surface area contributed by atoms with Crippen molar-refractivity contribution < 1.29 is 13.2 Å². The van der Waals surface area contributed by atoms with Gasteiger partial charge in [-0.15, -0.1) is 0 Å². The minimum atomic E-state index is -4.43. The van der Waals surface area contributed by atoms with Crippen LogP contribution in [0, 0.1) is 0 Å². The highest BCUT2D eigenvalue weighted by Crippen LogP contribution is 2.37. The van der Waals surface area contributed by atoms with Crippen molar-refractivity contribution in [3.63, 3.8) is 0 Å². The Morgan fingerprint density at radius 2 is 1.71 bits per heavy atom. The Morgan fingerprint density at radius 1 is 1.10 bits per heavy atom. The fourth-order valence-corrected chi connectivity index (χ4v) is 2.33. The summed E-state index contributed by atoms with van der Waals surface area (Å²) in [6.45, 7) is 0.375. The summed E-state index contributed by atoms with van der Waals surface area (Å²) >= 11 is 3.33. The SMILES string of the molecule is CN(Cc1ccc(Br)cc1)c1ccc(N)cc1C(F)(F)F. The first-order valence-electron chi connectivity index (χ1n) is 6.19. The van der Waals surface area contributed by atoms with Gasteiger partial charge in [0.1, 0.15) is 0 Å². The van der Waals surface area contributed by atoms with Gasteiger partial charge >= 0.3 is 6.18 Å². The summed E-state index contributed by atoms with van der Waals surface area (Å²) in [5.74, 6) is 0. The Bertz CT molecular complexity index is 624. The Hall–Kier alpha value is -1.69. The molecular weight excluding hydrogens is 345 g/mol. The normalized spacial score (nSPS) is 11.5. The number of hydrogen-bond donors (Lipinski definition) is 1. The Balaban J connectivity index is 2.30. The van der Waals surface area contributed by atoms with Gasteiger partial charge in [0.05, 0.1) is 5.56 Å². The molecule has 0 aliphatic heterocycles. The molecule has 2 aromatic rings. The van der Waals surface area contributed by atoms with Crippen LogP contribution in [0.15, 0.2) is 46.9 Å². The Kier molecular flexibility index (Phi) is 4.46. The van der Waals surface area contributed by atoms with Crippen LogP contribution in [0.4, 0.5) is 24.5 Å². The number of benzene rings is 2. The number of nitrogens with zero attached hydrogens (tertiary/aromatic N) is 1. The maximum Gasteiger partial charge on any atom is 0.418 e. The van der Waals surface area contributed by atoms with Crippen molar-refractivity contribution >= 4 is 27.3 Å². The van der Waals surface area contributed by atoms with Crippen LogP contribution < -0.4 is 10.6 Å². The number of hydrogen-bond acceptors (Lipinski definition) is 2. The van der Waals surface area contributed by atoms with Gasteiger partial charge in [0.15, 0.2) is 0 Å². The highest BCUT2D eigenvalue weighted by Gasteiger charge is 2.34. The second-order valence-corrected chi connectivity index (χ2v) is 5.67. The maximum absolute atomic E-state index is 13.1. The molecule has 0 fully saturated rings. The van der Waals surface area contributed by atoms with Crippen LogP contribution in [0.5, 0.6) is 0 Å². The number of halogens is 4. The lowest BCUT2D eigenvalue weighted by Gasteiger charge is -2.24. The molecule has 21 heavy (non-hydrogen) atoms. The molecular formula is C15H14BrF3N2. The molecule has 6 heteroatoms. The number of nitrogens with two attached hydrogens (primary N) is 1. The van der Waals surface area contributed by atoms with E-state index in [2.05, 4.69) is 15.9 Å². The Labute approximate surface area is 129 Å². The summed E-state index contributed by atoms with van der Waals surface area (Å²) in [6, 6.07) is 11.3. The molecule has 0 saturated heterocycles.